The normalized spacial score (nSPS) is 10.9. The van der Waals surface area contributed by atoms with E-state index in [0.717, 1.165) is 6.07 Å². The molecule has 2 rings (SSSR count). The molecule has 0 saturated carbocycles. The van der Waals surface area contributed by atoms with Crippen molar-refractivity contribution in [1.82, 2.24) is 4.98 Å². The fourth-order valence-electron chi connectivity index (χ4n) is 1.33. The molecule has 0 N–H and O–H groups in total. The number of halogens is 3. The molecule has 1 aromatic heterocycles. The van der Waals surface area contributed by atoms with Crippen LogP contribution in [-0.4, -0.2) is 4.98 Å². The number of pyridine rings is 1. The van der Waals surface area contributed by atoms with E-state index in [1.54, 1.807) is 13.0 Å². The van der Waals surface area contributed by atoms with Crippen molar-refractivity contribution in [3.63, 3.8) is 0 Å². The van der Waals surface area contributed by atoms with Crippen molar-refractivity contribution >= 4 is 10.9 Å². The van der Waals surface area contributed by atoms with Gasteiger partial charge >= 0.3 is 0 Å². The van der Waals surface area contributed by atoms with Gasteiger partial charge in [0, 0.05) is 11.6 Å². The number of fused-ring (bicyclic) bond motifs is 1. The van der Waals surface area contributed by atoms with Crippen LogP contribution < -0.4 is 0 Å². The van der Waals surface area contributed by atoms with Crippen LogP contribution in [0, 0.1) is 24.4 Å². The number of benzene rings is 1. The van der Waals surface area contributed by atoms with E-state index in [4.69, 9.17) is 0 Å². The van der Waals surface area contributed by atoms with Crippen molar-refractivity contribution in [3.05, 3.63) is 41.3 Å². The maximum atomic E-state index is 13.2. The number of aryl methyl sites for hydroxylation is 1. The van der Waals surface area contributed by atoms with Gasteiger partial charge in [-0.1, -0.05) is 0 Å². The van der Waals surface area contributed by atoms with Crippen LogP contribution in [0.25, 0.3) is 10.9 Å². The highest BCUT2D eigenvalue weighted by atomic mass is 19.2. The number of nitrogens with zero attached hydrogens (tertiary/aromatic N) is 1. The summed E-state index contributed by atoms with van der Waals surface area (Å²) in [6.07, 6.45) is 1.36. The van der Waals surface area contributed by atoms with Gasteiger partial charge in [0.1, 0.15) is 5.52 Å². The van der Waals surface area contributed by atoms with E-state index in [-0.39, 0.29) is 5.52 Å². The lowest BCUT2D eigenvalue weighted by atomic mass is 10.1. The summed E-state index contributed by atoms with van der Waals surface area (Å²) in [4.78, 5) is 3.66. The van der Waals surface area contributed by atoms with E-state index in [0.29, 0.717) is 10.9 Å². The zero-order chi connectivity index (χ0) is 10.3. The van der Waals surface area contributed by atoms with Gasteiger partial charge in [0.25, 0.3) is 0 Å². The summed E-state index contributed by atoms with van der Waals surface area (Å²) in [6, 6.07) is 2.56. The molecule has 0 fully saturated rings. The predicted octanol–water partition coefficient (Wildman–Crippen LogP) is 2.96. The fraction of sp³-hybridized carbons (Fsp3) is 0.100. The molecule has 4 heteroatoms. The molecule has 1 aromatic carbocycles. The molecule has 14 heavy (non-hydrogen) atoms. The van der Waals surface area contributed by atoms with Crippen molar-refractivity contribution in [2.24, 2.45) is 0 Å². The quantitative estimate of drug-likeness (QED) is 0.591. The summed E-state index contributed by atoms with van der Waals surface area (Å²) in [7, 11) is 0. The summed E-state index contributed by atoms with van der Waals surface area (Å²) in [5.74, 6) is -3.90. The van der Waals surface area contributed by atoms with Gasteiger partial charge in [-0.05, 0) is 24.6 Å². The van der Waals surface area contributed by atoms with E-state index in [9.17, 15) is 13.2 Å². The smallest absolute Gasteiger partial charge is 0.196 e. The fourth-order valence-corrected chi connectivity index (χ4v) is 1.33. The molecule has 72 valence electrons. The Hall–Kier alpha value is -1.58. The second kappa shape index (κ2) is 2.97. The Bertz CT molecular complexity index is 508. The topological polar surface area (TPSA) is 12.9 Å². The molecule has 0 bridgehead atoms. The standard InChI is InChI=1S/C10H6F3N/c1-5-2-3-14-10-6(5)4-7(11)8(12)9(10)13/h2-4H,1H3. The lowest BCUT2D eigenvalue weighted by molar-refractivity contribution is 0.452. The second-order valence-electron chi connectivity index (χ2n) is 3.01. The van der Waals surface area contributed by atoms with Crippen LogP contribution in [0.15, 0.2) is 18.3 Å². The van der Waals surface area contributed by atoms with Crippen LogP contribution in [0.1, 0.15) is 5.56 Å². The zero-order valence-electron chi connectivity index (χ0n) is 7.31. The number of aromatic nitrogens is 1. The number of hydrogen-bond donors (Lipinski definition) is 0. The molecule has 0 aliphatic rings. The van der Waals surface area contributed by atoms with Gasteiger partial charge < -0.3 is 0 Å². The molecule has 0 radical (unpaired) electrons. The second-order valence-corrected chi connectivity index (χ2v) is 3.01. The molecule has 1 nitrogen and oxygen atoms in total. The third kappa shape index (κ3) is 1.14. The number of hydrogen-bond acceptors (Lipinski definition) is 1. The first-order valence-electron chi connectivity index (χ1n) is 4.00. The Morgan fingerprint density at radius 1 is 1.14 bits per heavy atom. The lowest BCUT2D eigenvalue weighted by Crippen LogP contribution is -1.95. The average Bonchev–Trinajstić information content (AvgIpc) is 2.17. The summed E-state index contributed by atoms with van der Waals surface area (Å²) >= 11 is 0. The zero-order valence-corrected chi connectivity index (χ0v) is 7.31. The monoisotopic (exact) mass is 197 g/mol. The maximum Gasteiger partial charge on any atom is 0.196 e. The number of rotatable bonds is 0. The van der Waals surface area contributed by atoms with E-state index < -0.39 is 17.5 Å². The third-order valence-corrected chi connectivity index (χ3v) is 2.09. The molecule has 1 heterocycles. The lowest BCUT2D eigenvalue weighted by Gasteiger charge is -2.03. The van der Waals surface area contributed by atoms with E-state index >= 15 is 0 Å². The van der Waals surface area contributed by atoms with Crippen LogP contribution in [0.3, 0.4) is 0 Å². The minimum atomic E-state index is -1.48. The Morgan fingerprint density at radius 3 is 2.57 bits per heavy atom. The minimum Gasteiger partial charge on any atom is -0.253 e. The van der Waals surface area contributed by atoms with Crippen LogP contribution in [0.5, 0.6) is 0 Å². The Kier molecular flexibility index (Phi) is 1.91. The Balaban J connectivity index is 2.98. The highest BCUT2D eigenvalue weighted by molar-refractivity contribution is 5.82. The van der Waals surface area contributed by atoms with Crippen molar-refractivity contribution in [2.75, 3.05) is 0 Å². The molecule has 0 unspecified atom stereocenters. The first-order valence-corrected chi connectivity index (χ1v) is 4.00. The molecule has 0 saturated heterocycles. The average molecular weight is 197 g/mol. The molecule has 2 aromatic rings. The van der Waals surface area contributed by atoms with Gasteiger partial charge in [0.05, 0.1) is 0 Å². The van der Waals surface area contributed by atoms with Crippen LogP contribution in [0.2, 0.25) is 0 Å². The SMILES string of the molecule is Cc1ccnc2c(F)c(F)c(F)cc12. The predicted molar refractivity (Wildman–Crippen MR) is 46.4 cm³/mol. The highest BCUT2D eigenvalue weighted by Crippen LogP contribution is 2.23. The molecule has 0 spiro atoms. The van der Waals surface area contributed by atoms with Crippen molar-refractivity contribution in [2.45, 2.75) is 6.92 Å². The summed E-state index contributed by atoms with van der Waals surface area (Å²) in [5, 5.41) is 0.295. The van der Waals surface area contributed by atoms with Crippen LogP contribution in [-0.2, 0) is 0 Å². The van der Waals surface area contributed by atoms with Gasteiger partial charge in [-0.25, -0.2) is 13.2 Å². The molecular formula is C10H6F3N. The molecule has 0 aliphatic heterocycles. The van der Waals surface area contributed by atoms with Gasteiger partial charge in [0.2, 0.25) is 0 Å². The minimum absolute atomic E-state index is 0.135. The van der Waals surface area contributed by atoms with Gasteiger partial charge in [-0.2, -0.15) is 0 Å². The highest BCUT2D eigenvalue weighted by Gasteiger charge is 2.14. The molecule has 0 amide bonds. The first kappa shape index (κ1) is 8.99. The third-order valence-electron chi connectivity index (χ3n) is 2.09. The maximum absolute atomic E-state index is 13.2. The van der Waals surface area contributed by atoms with Gasteiger partial charge in [-0.3, -0.25) is 4.98 Å². The molecular weight excluding hydrogens is 191 g/mol. The van der Waals surface area contributed by atoms with E-state index in [1.165, 1.54) is 6.20 Å². The molecule has 0 atom stereocenters. The van der Waals surface area contributed by atoms with Crippen molar-refractivity contribution in [1.29, 1.82) is 0 Å². The van der Waals surface area contributed by atoms with E-state index in [1.807, 2.05) is 0 Å². The Labute approximate surface area is 78.2 Å². The first-order chi connectivity index (χ1) is 6.61. The van der Waals surface area contributed by atoms with E-state index in [2.05, 4.69) is 4.98 Å². The van der Waals surface area contributed by atoms with Crippen LogP contribution >= 0.6 is 0 Å². The summed E-state index contributed by atoms with van der Waals surface area (Å²) < 4.78 is 38.8. The van der Waals surface area contributed by atoms with Crippen molar-refractivity contribution in [3.8, 4) is 0 Å². The Morgan fingerprint density at radius 2 is 1.86 bits per heavy atom. The summed E-state index contributed by atoms with van der Waals surface area (Å²) in [5.41, 5.74) is 0.525. The molecule has 0 aliphatic carbocycles. The van der Waals surface area contributed by atoms with Crippen LogP contribution in [0.4, 0.5) is 13.2 Å². The summed E-state index contributed by atoms with van der Waals surface area (Å²) in [6.45, 7) is 1.68. The van der Waals surface area contributed by atoms with Crippen molar-refractivity contribution < 1.29 is 13.2 Å². The van der Waals surface area contributed by atoms with Gasteiger partial charge in [0.15, 0.2) is 17.5 Å². The largest absolute Gasteiger partial charge is 0.253 e. The van der Waals surface area contributed by atoms with Gasteiger partial charge in [-0.15, -0.1) is 0 Å².